The lowest BCUT2D eigenvalue weighted by molar-refractivity contribution is -0.138. The van der Waals surface area contributed by atoms with E-state index in [1.807, 2.05) is 55.5 Å². The normalized spacial score (nSPS) is 21.1. The predicted molar refractivity (Wildman–Crippen MR) is 128 cm³/mol. The maximum absolute atomic E-state index is 13.5. The van der Waals surface area contributed by atoms with E-state index in [2.05, 4.69) is 18.7 Å². The fraction of sp³-hybridized carbons (Fsp3) is 0.407. The average Bonchev–Trinajstić information content (AvgIpc) is 3.04. The number of ether oxygens (including phenoxy) is 2. The minimum atomic E-state index is -0.247. The number of benzene rings is 2. The minimum Gasteiger partial charge on any atom is -0.497 e. The van der Waals surface area contributed by atoms with Crippen LogP contribution in [0.5, 0.6) is 11.5 Å². The second-order valence-corrected chi connectivity index (χ2v) is 9.23. The van der Waals surface area contributed by atoms with Crippen molar-refractivity contribution in [1.82, 2.24) is 9.80 Å². The zero-order chi connectivity index (χ0) is 23.5. The van der Waals surface area contributed by atoms with Gasteiger partial charge in [0.05, 0.1) is 19.2 Å². The van der Waals surface area contributed by atoms with E-state index in [0.717, 1.165) is 36.4 Å². The Labute approximate surface area is 195 Å². The second kappa shape index (κ2) is 9.69. The van der Waals surface area contributed by atoms with Gasteiger partial charge in [0.2, 0.25) is 0 Å². The van der Waals surface area contributed by atoms with Gasteiger partial charge in [0.15, 0.2) is 0 Å². The highest BCUT2D eigenvalue weighted by atomic mass is 16.5. The SMILES string of the molecule is COc1ccc(OCCN2C(=O)C(c3ccc(C)cc3)=C(N3CC(C)CC(C)C3)C2=O)cc1. The number of amides is 2. The molecule has 2 aliphatic heterocycles. The molecule has 0 saturated carbocycles. The number of rotatable bonds is 7. The van der Waals surface area contributed by atoms with Crippen molar-refractivity contribution in [3.63, 3.8) is 0 Å². The highest BCUT2D eigenvalue weighted by molar-refractivity contribution is 6.35. The monoisotopic (exact) mass is 448 g/mol. The molecular formula is C27H32N2O4. The van der Waals surface area contributed by atoms with Crippen LogP contribution in [0.3, 0.4) is 0 Å². The third kappa shape index (κ3) is 4.90. The number of carbonyl (C=O) groups excluding carboxylic acids is 2. The van der Waals surface area contributed by atoms with Gasteiger partial charge in [0.1, 0.15) is 23.8 Å². The average molecular weight is 449 g/mol. The van der Waals surface area contributed by atoms with Crippen molar-refractivity contribution in [3.8, 4) is 11.5 Å². The van der Waals surface area contributed by atoms with Gasteiger partial charge >= 0.3 is 0 Å². The van der Waals surface area contributed by atoms with Crippen LogP contribution in [0.4, 0.5) is 0 Å². The van der Waals surface area contributed by atoms with Gasteiger partial charge in [-0.25, -0.2) is 0 Å². The number of nitrogens with zero attached hydrogens (tertiary/aromatic N) is 2. The minimum absolute atomic E-state index is 0.196. The molecule has 2 amide bonds. The molecule has 0 N–H and O–H groups in total. The Morgan fingerprint density at radius 3 is 2.09 bits per heavy atom. The summed E-state index contributed by atoms with van der Waals surface area (Å²) in [6, 6.07) is 15.1. The molecule has 174 valence electrons. The van der Waals surface area contributed by atoms with Gasteiger partial charge in [0, 0.05) is 13.1 Å². The van der Waals surface area contributed by atoms with Gasteiger partial charge in [-0.3, -0.25) is 14.5 Å². The number of aryl methyl sites for hydroxylation is 1. The first-order valence-electron chi connectivity index (χ1n) is 11.6. The molecule has 1 fully saturated rings. The van der Waals surface area contributed by atoms with Gasteiger partial charge in [-0.1, -0.05) is 43.7 Å². The van der Waals surface area contributed by atoms with E-state index < -0.39 is 0 Å². The summed E-state index contributed by atoms with van der Waals surface area (Å²) in [5.74, 6) is 1.87. The van der Waals surface area contributed by atoms with Crippen LogP contribution in [0, 0.1) is 18.8 Å². The number of hydrogen-bond acceptors (Lipinski definition) is 5. The molecule has 4 rings (SSSR count). The molecule has 6 nitrogen and oxygen atoms in total. The molecule has 2 aromatic rings. The van der Waals surface area contributed by atoms with E-state index in [-0.39, 0.29) is 25.0 Å². The number of carbonyl (C=O) groups is 2. The lowest BCUT2D eigenvalue weighted by atomic mass is 9.91. The molecule has 2 aliphatic rings. The fourth-order valence-corrected chi connectivity index (χ4v) is 4.81. The van der Waals surface area contributed by atoms with Crippen molar-refractivity contribution in [2.75, 3.05) is 33.4 Å². The van der Waals surface area contributed by atoms with Crippen molar-refractivity contribution in [2.45, 2.75) is 27.2 Å². The number of methoxy groups -OCH3 is 1. The van der Waals surface area contributed by atoms with E-state index in [9.17, 15) is 9.59 Å². The largest absolute Gasteiger partial charge is 0.497 e. The summed E-state index contributed by atoms with van der Waals surface area (Å²) in [4.78, 5) is 30.5. The van der Waals surface area contributed by atoms with Gasteiger partial charge in [-0.2, -0.15) is 0 Å². The van der Waals surface area contributed by atoms with E-state index in [0.29, 0.717) is 28.9 Å². The van der Waals surface area contributed by atoms with Crippen LogP contribution in [0.25, 0.3) is 5.57 Å². The summed E-state index contributed by atoms with van der Waals surface area (Å²) in [7, 11) is 1.61. The van der Waals surface area contributed by atoms with E-state index in [1.165, 1.54) is 4.90 Å². The molecule has 2 aromatic carbocycles. The summed E-state index contributed by atoms with van der Waals surface area (Å²) in [6.07, 6.45) is 1.13. The Hall–Kier alpha value is -3.28. The van der Waals surface area contributed by atoms with Gasteiger partial charge < -0.3 is 14.4 Å². The number of piperidine rings is 1. The molecule has 0 radical (unpaired) electrons. The topological polar surface area (TPSA) is 59.1 Å². The first kappa shape index (κ1) is 22.9. The Kier molecular flexibility index (Phi) is 6.72. The maximum atomic E-state index is 13.5. The predicted octanol–water partition coefficient (Wildman–Crippen LogP) is 4.14. The second-order valence-electron chi connectivity index (χ2n) is 9.23. The van der Waals surface area contributed by atoms with E-state index in [4.69, 9.17) is 9.47 Å². The lowest BCUT2D eigenvalue weighted by Gasteiger charge is -2.37. The molecular weight excluding hydrogens is 416 g/mol. The highest BCUT2D eigenvalue weighted by Gasteiger charge is 2.42. The van der Waals surface area contributed by atoms with Gasteiger partial charge in [-0.05, 0) is 55.0 Å². The van der Waals surface area contributed by atoms with Crippen LogP contribution in [0.2, 0.25) is 0 Å². The van der Waals surface area contributed by atoms with Crippen molar-refractivity contribution < 1.29 is 19.1 Å². The van der Waals surface area contributed by atoms with Crippen molar-refractivity contribution in [3.05, 3.63) is 65.4 Å². The molecule has 0 bridgehead atoms. The first-order chi connectivity index (χ1) is 15.9. The van der Waals surface area contributed by atoms with Crippen LogP contribution in [-0.4, -0.2) is 55.0 Å². The molecule has 2 heterocycles. The summed E-state index contributed by atoms with van der Waals surface area (Å²) >= 11 is 0. The van der Waals surface area contributed by atoms with Crippen LogP contribution in [-0.2, 0) is 9.59 Å². The first-order valence-corrected chi connectivity index (χ1v) is 11.6. The molecule has 0 aromatic heterocycles. The van der Waals surface area contributed by atoms with Crippen LogP contribution >= 0.6 is 0 Å². The van der Waals surface area contributed by atoms with Crippen molar-refractivity contribution in [1.29, 1.82) is 0 Å². The molecule has 1 saturated heterocycles. The molecule has 0 spiro atoms. The fourth-order valence-electron chi connectivity index (χ4n) is 4.81. The summed E-state index contributed by atoms with van der Waals surface area (Å²) in [6.45, 7) is 8.41. The zero-order valence-electron chi connectivity index (χ0n) is 19.8. The summed E-state index contributed by atoms with van der Waals surface area (Å²) in [5, 5.41) is 0. The molecule has 33 heavy (non-hydrogen) atoms. The Morgan fingerprint density at radius 2 is 1.48 bits per heavy atom. The van der Waals surface area contributed by atoms with Gasteiger partial charge in [0.25, 0.3) is 11.8 Å². The molecule has 6 heteroatoms. The smallest absolute Gasteiger partial charge is 0.277 e. The number of hydrogen-bond donors (Lipinski definition) is 0. The van der Waals surface area contributed by atoms with E-state index in [1.54, 1.807) is 7.11 Å². The number of likely N-dealkylation sites (tertiary alicyclic amines) is 1. The highest BCUT2D eigenvalue weighted by Crippen LogP contribution is 2.35. The van der Waals surface area contributed by atoms with Gasteiger partial charge in [-0.15, -0.1) is 0 Å². The van der Waals surface area contributed by atoms with Crippen LogP contribution in [0.15, 0.2) is 54.2 Å². The van der Waals surface area contributed by atoms with E-state index >= 15 is 0 Å². The third-order valence-corrected chi connectivity index (χ3v) is 6.31. The lowest BCUT2D eigenvalue weighted by Crippen LogP contribution is -2.42. The zero-order valence-corrected chi connectivity index (χ0v) is 19.8. The van der Waals surface area contributed by atoms with Crippen molar-refractivity contribution in [2.24, 2.45) is 11.8 Å². The standard InChI is InChI=1S/C27H32N2O4/c1-18-5-7-21(8-6-18)24-25(28-16-19(2)15-20(3)17-28)27(31)29(26(24)30)13-14-33-23-11-9-22(32-4)10-12-23/h5-12,19-20H,13-17H2,1-4H3. The Bertz CT molecular complexity index is 1030. The Morgan fingerprint density at radius 1 is 0.879 bits per heavy atom. The maximum Gasteiger partial charge on any atom is 0.277 e. The molecule has 2 atom stereocenters. The molecule has 0 aliphatic carbocycles. The number of imide groups is 1. The summed E-state index contributed by atoms with van der Waals surface area (Å²) < 4.78 is 11.0. The molecule has 2 unspecified atom stereocenters. The van der Waals surface area contributed by atoms with Crippen molar-refractivity contribution >= 4 is 17.4 Å². The Balaban J connectivity index is 1.56. The quantitative estimate of drug-likeness (QED) is 0.596. The van der Waals surface area contributed by atoms with Crippen LogP contribution in [0.1, 0.15) is 31.4 Å². The third-order valence-electron chi connectivity index (χ3n) is 6.31. The summed E-state index contributed by atoms with van der Waals surface area (Å²) in [5.41, 5.74) is 2.94. The van der Waals surface area contributed by atoms with Crippen LogP contribution < -0.4 is 9.47 Å².